The van der Waals surface area contributed by atoms with Crippen LogP contribution in [0.2, 0.25) is 0 Å². The van der Waals surface area contributed by atoms with Crippen LogP contribution in [0.5, 0.6) is 0 Å². The van der Waals surface area contributed by atoms with Crippen molar-refractivity contribution >= 4 is 22.4 Å². The number of hydrogen-bond donors (Lipinski definition) is 1. The second-order valence-electron chi connectivity index (χ2n) is 5.49. The molecular weight excluding hydrogens is 328 g/mol. The van der Waals surface area contributed by atoms with E-state index in [9.17, 15) is 9.59 Å². The fourth-order valence-corrected chi connectivity index (χ4v) is 2.76. The first-order valence-corrected chi connectivity index (χ1v) is 8.23. The number of hydrogen-bond acceptors (Lipinski definition) is 6. The van der Waals surface area contributed by atoms with Crippen molar-refractivity contribution in [1.29, 1.82) is 0 Å². The highest BCUT2D eigenvalue weighted by Crippen LogP contribution is 2.23. The lowest BCUT2D eigenvalue weighted by molar-refractivity contribution is 0.0994. The Hall–Kier alpha value is -2.74. The first-order valence-electron chi connectivity index (χ1n) is 7.42. The highest BCUT2D eigenvalue weighted by atomic mass is 32.1. The Labute approximate surface area is 142 Å². The van der Waals surface area contributed by atoms with Gasteiger partial charge in [-0.25, -0.2) is 0 Å². The number of amides is 1. The number of anilines is 1. The van der Waals surface area contributed by atoms with E-state index in [4.69, 9.17) is 4.42 Å². The lowest BCUT2D eigenvalue weighted by Crippen LogP contribution is -2.18. The summed E-state index contributed by atoms with van der Waals surface area (Å²) in [6.07, 6.45) is 1.67. The predicted molar refractivity (Wildman–Crippen MR) is 90.5 cm³/mol. The predicted octanol–water partition coefficient (Wildman–Crippen LogP) is 2.72. The molecule has 3 aromatic heterocycles. The van der Waals surface area contributed by atoms with Crippen molar-refractivity contribution in [2.45, 2.75) is 26.3 Å². The number of nitrogens with one attached hydrogen (secondary N) is 1. The molecule has 0 aliphatic carbocycles. The van der Waals surface area contributed by atoms with E-state index >= 15 is 0 Å². The van der Waals surface area contributed by atoms with Gasteiger partial charge in [-0.1, -0.05) is 31.3 Å². The normalized spacial score (nSPS) is 11.0. The van der Waals surface area contributed by atoms with Gasteiger partial charge in [-0.3, -0.25) is 14.9 Å². The van der Waals surface area contributed by atoms with Crippen LogP contribution in [0.25, 0.3) is 0 Å². The molecule has 0 radical (unpaired) electrons. The average Bonchev–Trinajstić information content (AvgIpc) is 3.19. The zero-order valence-electron chi connectivity index (χ0n) is 13.2. The lowest BCUT2D eigenvalue weighted by atomic mass is 10.2. The molecule has 24 heavy (non-hydrogen) atoms. The van der Waals surface area contributed by atoms with Gasteiger partial charge in [0.15, 0.2) is 5.76 Å². The van der Waals surface area contributed by atoms with E-state index in [0.29, 0.717) is 10.9 Å². The van der Waals surface area contributed by atoms with Crippen LogP contribution in [-0.4, -0.2) is 20.7 Å². The zero-order chi connectivity index (χ0) is 17.1. The number of carbonyl (C=O) groups is 1. The highest BCUT2D eigenvalue weighted by molar-refractivity contribution is 7.15. The molecule has 0 saturated heterocycles. The second-order valence-corrected chi connectivity index (χ2v) is 6.50. The Morgan fingerprint density at radius 2 is 2.12 bits per heavy atom. The summed E-state index contributed by atoms with van der Waals surface area (Å²) in [6.45, 7) is 4.29. The molecule has 3 heterocycles. The summed E-state index contributed by atoms with van der Waals surface area (Å²) in [5, 5.41) is 11.9. The van der Waals surface area contributed by atoms with E-state index in [0.717, 1.165) is 5.01 Å². The zero-order valence-corrected chi connectivity index (χ0v) is 14.0. The monoisotopic (exact) mass is 344 g/mol. The van der Waals surface area contributed by atoms with Gasteiger partial charge in [0, 0.05) is 18.2 Å². The maximum atomic E-state index is 12.2. The molecule has 0 bridgehead atoms. The van der Waals surface area contributed by atoms with Gasteiger partial charge in [-0.2, -0.15) is 0 Å². The van der Waals surface area contributed by atoms with Crippen molar-refractivity contribution in [3.63, 3.8) is 0 Å². The molecule has 0 saturated carbocycles. The molecule has 124 valence electrons. The smallest absolute Gasteiger partial charge is 0.293 e. The lowest BCUT2D eigenvalue weighted by Gasteiger charge is -2.02. The average molecular weight is 344 g/mol. The Morgan fingerprint density at radius 1 is 1.29 bits per heavy atom. The Morgan fingerprint density at radius 3 is 2.83 bits per heavy atom. The van der Waals surface area contributed by atoms with E-state index in [1.54, 1.807) is 30.5 Å². The van der Waals surface area contributed by atoms with Crippen molar-refractivity contribution in [1.82, 2.24) is 14.8 Å². The minimum Gasteiger partial charge on any atom is -0.454 e. The molecule has 3 rings (SSSR count). The van der Waals surface area contributed by atoms with Crippen molar-refractivity contribution < 1.29 is 9.21 Å². The van der Waals surface area contributed by atoms with Gasteiger partial charge in [0.25, 0.3) is 11.5 Å². The van der Waals surface area contributed by atoms with E-state index in [1.807, 2.05) is 13.8 Å². The van der Waals surface area contributed by atoms with Gasteiger partial charge in [-0.05, 0) is 18.2 Å². The van der Waals surface area contributed by atoms with Crippen LogP contribution in [0.3, 0.4) is 0 Å². The fourth-order valence-electron chi connectivity index (χ4n) is 2.02. The third-order valence-corrected chi connectivity index (χ3v) is 4.40. The largest absolute Gasteiger partial charge is 0.454 e. The number of furan rings is 1. The highest BCUT2D eigenvalue weighted by Gasteiger charge is 2.15. The third-order valence-electron chi connectivity index (χ3n) is 3.27. The SMILES string of the molecule is CC(C)c1nnc(NC(=O)c2ccc(Cn3ccccc3=O)o2)s1. The third kappa shape index (κ3) is 3.60. The Bertz CT molecular complexity index is 910. The fraction of sp³-hybridized carbons (Fsp3) is 0.250. The summed E-state index contributed by atoms with van der Waals surface area (Å²) in [5.74, 6) is 0.546. The summed E-state index contributed by atoms with van der Waals surface area (Å²) in [6, 6.07) is 8.16. The van der Waals surface area contributed by atoms with Crippen molar-refractivity contribution in [3.8, 4) is 0 Å². The molecule has 7 nitrogen and oxygen atoms in total. The van der Waals surface area contributed by atoms with Crippen LogP contribution >= 0.6 is 11.3 Å². The number of rotatable bonds is 5. The van der Waals surface area contributed by atoms with Crippen LogP contribution in [0.15, 0.2) is 45.7 Å². The van der Waals surface area contributed by atoms with Crippen molar-refractivity contribution in [2.24, 2.45) is 0 Å². The second kappa shape index (κ2) is 6.79. The van der Waals surface area contributed by atoms with Crippen molar-refractivity contribution in [2.75, 3.05) is 5.32 Å². The molecule has 0 atom stereocenters. The molecule has 0 unspecified atom stereocenters. The van der Waals surface area contributed by atoms with E-state index in [2.05, 4.69) is 15.5 Å². The number of nitrogens with zero attached hydrogens (tertiary/aromatic N) is 3. The van der Waals surface area contributed by atoms with Crippen LogP contribution < -0.4 is 10.9 Å². The molecule has 8 heteroatoms. The van der Waals surface area contributed by atoms with Gasteiger partial charge in [0.2, 0.25) is 5.13 Å². The maximum Gasteiger partial charge on any atom is 0.293 e. The molecule has 0 aliphatic heterocycles. The standard InChI is InChI=1S/C16H16N4O3S/c1-10(2)15-18-19-16(24-15)17-14(22)12-7-6-11(23-12)9-20-8-4-3-5-13(20)21/h3-8,10H,9H2,1-2H3,(H,17,19,22). The first kappa shape index (κ1) is 16.1. The van der Waals surface area contributed by atoms with Gasteiger partial charge in [-0.15, -0.1) is 10.2 Å². The maximum absolute atomic E-state index is 12.2. The molecule has 3 aromatic rings. The molecule has 0 fully saturated rings. The van der Waals surface area contributed by atoms with E-state index in [-0.39, 0.29) is 23.8 Å². The molecule has 0 spiro atoms. The van der Waals surface area contributed by atoms with Crippen molar-refractivity contribution in [3.05, 3.63) is 63.4 Å². The van der Waals surface area contributed by atoms with Crippen LogP contribution in [0.1, 0.15) is 41.1 Å². The Kier molecular flexibility index (Phi) is 4.57. The molecule has 0 aromatic carbocycles. The van der Waals surface area contributed by atoms with E-state index < -0.39 is 5.91 Å². The molecule has 1 N–H and O–H groups in total. The van der Waals surface area contributed by atoms with Gasteiger partial charge >= 0.3 is 0 Å². The summed E-state index contributed by atoms with van der Waals surface area (Å²) >= 11 is 1.33. The van der Waals surface area contributed by atoms with Gasteiger partial charge in [0.05, 0.1) is 6.54 Å². The quantitative estimate of drug-likeness (QED) is 0.768. The molecular formula is C16H16N4O3S. The minimum atomic E-state index is -0.395. The number of pyridine rings is 1. The first-order chi connectivity index (χ1) is 11.5. The van der Waals surface area contributed by atoms with E-state index in [1.165, 1.54) is 22.0 Å². The van der Waals surface area contributed by atoms with Crippen LogP contribution in [0, 0.1) is 0 Å². The summed E-state index contributed by atoms with van der Waals surface area (Å²) < 4.78 is 7.02. The van der Waals surface area contributed by atoms with Crippen LogP contribution in [-0.2, 0) is 6.54 Å². The van der Waals surface area contributed by atoms with Crippen LogP contribution in [0.4, 0.5) is 5.13 Å². The minimum absolute atomic E-state index is 0.130. The number of carbonyl (C=O) groups excluding carboxylic acids is 1. The topological polar surface area (TPSA) is 90.0 Å². The summed E-state index contributed by atoms with van der Waals surface area (Å²) in [4.78, 5) is 23.9. The summed E-state index contributed by atoms with van der Waals surface area (Å²) in [7, 11) is 0. The molecule has 0 aliphatic rings. The van der Waals surface area contributed by atoms with Gasteiger partial charge in [0.1, 0.15) is 10.8 Å². The number of aromatic nitrogens is 3. The Balaban J connectivity index is 1.69. The van der Waals surface area contributed by atoms with Gasteiger partial charge < -0.3 is 8.98 Å². The summed E-state index contributed by atoms with van der Waals surface area (Å²) in [5.41, 5.74) is -0.130. The molecule has 1 amide bonds.